The average Bonchev–Trinajstić information content (AvgIpc) is 2.72. The van der Waals surface area contributed by atoms with E-state index >= 15 is 0 Å². The van der Waals surface area contributed by atoms with Crippen LogP contribution in [0.1, 0.15) is 16.7 Å². The van der Waals surface area contributed by atoms with Crippen molar-refractivity contribution in [2.45, 2.75) is 19.6 Å². The van der Waals surface area contributed by atoms with E-state index in [1.807, 2.05) is 48.5 Å². The first kappa shape index (κ1) is 20.8. The molecule has 148 valence electrons. The minimum Gasteiger partial charge on any atom is -0.290 e. The number of aromatic amines is 1. The first-order valence-corrected chi connectivity index (χ1v) is 12.9. The van der Waals surface area contributed by atoms with Crippen molar-refractivity contribution in [2.75, 3.05) is 5.43 Å². The van der Waals surface area contributed by atoms with E-state index in [4.69, 9.17) is 0 Å². The molecule has 2 N–H and O–H groups in total. The lowest BCUT2D eigenvalue weighted by atomic mass is 10.1. The second-order valence-electron chi connectivity index (χ2n) is 7.61. The summed E-state index contributed by atoms with van der Waals surface area (Å²) in [6.07, 6.45) is 1.63. The highest BCUT2D eigenvalue weighted by Gasteiger charge is 2.12. The molecule has 2 aromatic carbocycles. The first-order chi connectivity index (χ1) is 14.4. The van der Waals surface area contributed by atoms with Crippen LogP contribution in [0.2, 0.25) is 19.6 Å². The highest BCUT2D eigenvalue weighted by molar-refractivity contribution is 6.83. The molecule has 0 radical (unpaired) electrons. The molecular formula is C23H21N5OSi. The van der Waals surface area contributed by atoms with Gasteiger partial charge in [-0.25, -0.2) is 10.4 Å². The molecule has 0 spiro atoms. The summed E-state index contributed by atoms with van der Waals surface area (Å²) in [5, 5.41) is 13.5. The number of H-pyrrole nitrogens is 1. The number of aromatic nitrogens is 2. The minimum atomic E-state index is -1.45. The molecule has 0 amide bonds. The van der Waals surface area contributed by atoms with Crippen LogP contribution in [-0.2, 0) is 0 Å². The Morgan fingerprint density at radius 3 is 2.60 bits per heavy atom. The summed E-state index contributed by atoms with van der Waals surface area (Å²) in [6.45, 7) is 6.60. The number of anilines is 1. The van der Waals surface area contributed by atoms with Crippen molar-refractivity contribution >= 4 is 20.2 Å². The molecule has 3 rings (SSSR count). The molecule has 0 aliphatic heterocycles. The van der Waals surface area contributed by atoms with Crippen molar-refractivity contribution < 1.29 is 0 Å². The largest absolute Gasteiger partial charge is 0.290 e. The maximum Gasteiger partial charge on any atom is 0.270 e. The van der Waals surface area contributed by atoms with Crippen LogP contribution in [0.3, 0.4) is 0 Å². The van der Waals surface area contributed by atoms with Gasteiger partial charge in [0.2, 0.25) is 5.95 Å². The van der Waals surface area contributed by atoms with Crippen LogP contribution in [0.15, 0.2) is 64.5 Å². The van der Waals surface area contributed by atoms with Gasteiger partial charge in [0, 0.05) is 11.1 Å². The van der Waals surface area contributed by atoms with Gasteiger partial charge in [0.15, 0.2) is 0 Å². The third-order valence-corrected chi connectivity index (χ3v) is 4.81. The van der Waals surface area contributed by atoms with Crippen LogP contribution in [0.25, 0.3) is 11.3 Å². The van der Waals surface area contributed by atoms with Crippen LogP contribution in [0.5, 0.6) is 0 Å². The molecule has 30 heavy (non-hydrogen) atoms. The van der Waals surface area contributed by atoms with Gasteiger partial charge >= 0.3 is 0 Å². The topological polar surface area (TPSA) is 93.9 Å². The van der Waals surface area contributed by atoms with Crippen molar-refractivity contribution in [2.24, 2.45) is 5.10 Å². The Kier molecular flexibility index (Phi) is 6.26. The number of hydrogen-bond acceptors (Lipinski definition) is 5. The molecule has 6 nitrogen and oxygen atoms in total. The third-order valence-electron chi connectivity index (χ3n) is 3.93. The van der Waals surface area contributed by atoms with E-state index in [-0.39, 0.29) is 11.5 Å². The maximum atomic E-state index is 12.3. The van der Waals surface area contributed by atoms with E-state index in [9.17, 15) is 10.1 Å². The van der Waals surface area contributed by atoms with Crippen molar-refractivity contribution in [3.63, 3.8) is 0 Å². The Bertz CT molecular complexity index is 1240. The van der Waals surface area contributed by atoms with Gasteiger partial charge in [0.1, 0.15) is 19.7 Å². The summed E-state index contributed by atoms with van der Waals surface area (Å²) in [5.41, 5.74) is 8.30. The second kappa shape index (κ2) is 9.04. The number of benzene rings is 2. The molecule has 0 aliphatic carbocycles. The zero-order valence-electron chi connectivity index (χ0n) is 17.0. The normalized spacial score (nSPS) is 10.9. The molecule has 0 aliphatic rings. The highest BCUT2D eigenvalue weighted by atomic mass is 28.3. The lowest BCUT2D eigenvalue weighted by molar-refractivity contribution is 1.08. The lowest BCUT2D eigenvalue weighted by Gasteiger charge is -2.06. The summed E-state index contributed by atoms with van der Waals surface area (Å²) >= 11 is 0. The lowest BCUT2D eigenvalue weighted by Crippen LogP contribution is -2.16. The number of rotatable bonds is 4. The SMILES string of the molecule is C[Si](C)(C)C#Cc1cccc(C=NNc2nc(-c3ccccc3)c(C#N)c(=O)[nH]2)c1. The smallest absolute Gasteiger partial charge is 0.270 e. The van der Waals surface area contributed by atoms with Crippen molar-refractivity contribution in [1.29, 1.82) is 5.26 Å². The van der Waals surface area contributed by atoms with Gasteiger partial charge in [0.25, 0.3) is 5.56 Å². The molecular weight excluding hydrogens is 390 g/mol. The molecule has 1 aromatic heterocycles. The maximum absolute atomic E-state index is 12.3. The average molecular weight is 412 g/mol. The summed E-state index contributed by atoms with van der Waals surface area (Å²) in [6, 6.07) is 18.7. The van der Waals surface area contributed by atoms with Gasteiger partial charge < -0.3 is 0 Å². The highest BCUT2D eigenvalue weighted by Crippen LogP contribution is 2.19. The predicted octanol–water partition coefficient (Wildman–Crippen LogP) is 3.98. The number of nitriles is 1. The van der Waals surface area contributed by atoms with Gasteiger partial charge in [-0.15, -0.1) is 5.54 Å². The Morgan fingerprint density at radius 1 is 1.13 bits per heavy atom. The summed E-state index contributed by atoms with van der Waals surface area (Å²) in [4.78, 5) is 19.2. The number of hydrogen-bond donors (Lipinski definition) is 2. The molecule has 0 saturated carbocycles. The fraction of sp³-hybridized carbons (Fsp3) is 0.130. The number of hydrazone groups is 1. The van der Waals surface area contributed by atoms with E-state index in [0.717, 1.165) is 11.1 Å². The van der Waals surface area contributed by atoms with E-state index in [1.54, 1.807) is 18.3 Å². The summed E-state index contributed by atoms with van der Waals surface area (Å²) in [5.74, 6) is 3.37. The zero-order chi connectivity index (χ0) is 21.6. The third kappa shape index (κ3) is 5.54. The quantitative estimate of drug-likeness (QED) is 0.294. The van der Waals surface area contributed by atoms with Gasteiger partial charge in [-0.05, 0) is 17.7 Å². The Balaban J connectivity index is 1.84. The second-order valence-corrected chi connectivity index (χ2v) is 12.4. The fourth-order valence-electron chi connectivity index (χ4n) is 2.56. The van der Waals surface area contributed by atoms with Crippen LogP contribution < -0.4 is 11.0 Å². The Morgan fingerprint density at radius 2 is 1.90 bits per heavy atom. The first-order valence-electron chi connectivity index (χ1n) is 9.38. The van der Waals surface area contributed by atoms with Crippen LogP contribution >= 0.6 is 0 Å². The van der Waals surface area contributed by atoms with Crippen LogP contribution in [0.4, 0.5) is 5.95 Å². The van der Waals surface area contributed by atoms with Gasteiger partial charge in [0.05, 0.1) is 11.9 Å². The van der Waals surface area contributed by atoms with Crippen LogP contribution in [0, 0.1) is 22.8 Å². The Hall–Kier alpha value is -3.94. The number of nitrogens with one attached hydrogen (secondary N) is 2. The van der Waals surface area contributed by atoms with Crippen molar-refractivity contribution in [3.8, 4) is 28.8 Å². The minimum absolute atomic E-state index is 0.0376. The van der Waals surface area contributed by atoms with Crippen LogP contribution in [-0.4, -0.2) is 24.3 Å². The van der Waals surface area contributed by atoms with E-state index < -0.39 is 13.6 Å². The standard InChI is InChI=1S/C23H21N5OSi/c1-30(2,3)13-12-17-8-7-9-18(14-17)16-25-28-23-26-21(19-10-5-4-6-11-19)20(15-24)22(29)27-23/h4-11,14,16H,1-3H3,(H2,26,27,28,29). The summed E-state index contributed by atoms with van der Waals surface area (Å²) in [7, 11) is -1.45. The molecule has 0 saturated heterocycles. The molecule has 3 aromatic rings. The van der Waals surface area contributed by atoms with Gasteiger partial charge in [-0.2, -0.15) is 10.4 Å². The van der Waals surface area contributed by atoms with Crippen molar-refractivity contribution in [1.82, 2.24) is 9.97 Å². The van der Waals surface area contributed by atoms with E-state index in [2.05, 4.69) is 51.6 Å². The molecule has 0 atom stereocenters. The van der Waals surface area contributed by atoms with E-state index in [1.165, 1.54) is 0 Å². The molecule has 1 heterocycles. The van der Waals surface area contributed by atoms with E-state index in [0.29, 0.717) is 11.3 Å². The molecule has 7 heteroatoms. The molecule has 0 unspecified atom stereocenters. The monoisotopic (exact) mass is 411 g/mol. The fourth-order valence-corrected chi connectivity index (χ4v) is 3.08. The van der Waals surface area contributed by atoms with Crippen molar-refractivity contribution in [3.05, 3.63) is 81.6 Å². The zero-order valence-corrected chi connectivity index (χ0v) is 18.0. The molecule has 0 fully saturated rings. The number of nitrogens with zero attached hydrogens (tertiary/aromatic N) is 3. The molecule has 0 bridgehead atoms. The predicted molar refractivity (Wildman–Crippen MR) is 123 cm³/mol. The van der Waals surface area contributed by atoms with Gasteiger partial charge in [-0.3, -0.25) is 9.78 Å². The summed E-state index contributed by atoms with van der Waals surface area (Å²) < 4.78 is 0. The Labute approximate surface area is 176 Å². The van der Waals surface area contributed by atoms with Gasteiger partial charge in [-0.1, -0.05) is 68.0 Å².